The molecule has 0 aliphatic carbocycles. The quantitative estimate of drug-likeness (QED) is 0.784. The Labute approximate surface area is 119 Å². The molecule has 0 bridgehead atoms. The van der Waals surface area contributed by atoms with Gasteiger partial charge in [-0.25, -0.2) is 0 Å². The third-order valence-electron chi connectivity index (χ3n) is 3.18. The normalized spacial score (nSPS) is 12.7. The van der Waals surface area contributed by atoms with Crippen LogP contribution in [0.3, 0.4) is 0 Å². The number of benzene rings is 1. The summed E-state index contributed by atoms with van der Waals surface area (Å²) in [4.78, 5) is 23.3. The van der Waals surface area contributed by atoms with Crippen LogP contribution in [0.1, 0.15) is 37.6 Å². The van der Waals surface area contributed by atoms with E-state index in [2.05, 4.69) is 10.6 Å². The van der Waals surface area contributed by atoms with Gasteiger partial charge in [-0.05, 0) is 29.7 Å². The Hall–Kier alpha value is -1.88. The van der Waals surface area contributed by atoms with E-state index in [4.69, 9.17) is 5.73 Å². The molecular formula is C15H23N3O2. The van der Waals surface area contributed by atoms with E-state index in [0.717, 1.165) is 0 Å². The SMILES string of the molecule is CNC(=O)c1ccc(NC(=O)CC(N)C(C)(C)C)cc1. The largest absolute Gasteiger partial charge is 0.355 e. The monoisotopic (exact) mass is 277 g/mol. The summed E-state index contributed by atoms with van der Waals surface area (Å²) < 4.78 is 0. The molecule has 0 aliphatic heterocycles. The number of hydrogen-bond donors (Lipinski definition) is 3. The summed E-state index contributed by atoms with van der Waals surface area (Å²) in [5, 5.41) is 5.32. The molecule has 0 saturated heterocycles. The molecule has 0 aliphatic rings. The molecule has 0 radical (unpaired) electrons. The number of carbonyl (C=O) groups is 2. The zero-order valence-corrected chi connectivity index (χ0v) is 12.5. The van der Waals surface area contributed by atoms with E-state index in [0.29, 0.717) is 11.3 Å². The van der Waals surface area contributed by atoms with E-state index in [1.54, 1.807) is 31.3 Å². The fraction of sp³-hybridized carbons (Fsp3) is 0.467. The van der Waals surface area contributed by atoms with Crippen molar-refractivity contribution in [3.63, 3.8) is 0 Å². The first-order valence-electron chi connectivity index (χ1n) is 6.61. The van der Waals surface area contributed by atoms with Crippen LogP contribution in [0.4, 0.5) is 5.69 Å². The number of rotatable bonds is 4. The first-order chi connectivity index (χ1) is 9.24. The highest BCUT2D eigenvalue weighted by atomic mass is 16.2. The molecule has 1 unspecified atom stereocenters. The molecule has 1 aromatic carbocycles. The minimum Gasteiger partial charge on any atom is -0.355 e. The Morgan fingerprint density at radius 3 is 2.20 bits per heavy atom. The van der Waals surface area contributed by atoms with Gasteiger partial charge in [0.15, 0.2) is 0 Å². The maximum Gasteiger partial charge on any atom is 0.251 e. The van der Waals surface area contributed by atoms with Crippen molar-refractivity contribution in [2.45, 2.75) is 33.2 Å². The van der Waals surface area contributed by atoms with Crippen molar-refractivity contribution in [1.82, 2.24) is 5.32 Å². The van der Waals surface area contributed by atoms with Crippen LogP contribution in [-0.2, 0) is 4.79 Å². The number of carbonyl (C=O) groups excluding carboxylic acids is 2. The van der Waals surface area contributed by atoms with Crippen molar-refractivity contribution >= 4 is 17.5 Å². The molecule has 110 valence electrons. The highest BCUT2D eigenvalue weighted by Gasteiger charge is 2.23. The summed E-state index contributed by atoms with van der Waals surface area (Å²) in [5.74, 6) is -0.280. The average Bonchev–Trinajstić information content (AvgIpc) is 2.37. The summed E-state index contributed by atoms with van der Waals surface area (Å²) in [7, 11) is 1.58. The maximum atomic E-state index is 11.9. The van der Waals surface area contributed by atoms with Crippen molar-refractivity contribution in [2.75, 3.05) is 12.4 Å². The van der Waals surface area contributed by atoms with Gasteiger partial charge in [0, 0.05) is 30.8 Å². The summed E-state index contributed by atoms with van der Waals surface area (Å²) in [6.07, 6.45) is 0.265. The molecule has 4 N–H and O–H groups in total. The van der Waals surface area contributed by atoms with Gasteiger partial charge in [0.1, 0.15) is 0 Å². The molecule has 5 heteroatoms. The maximum absolute atomic E-state index is 11.9. The number of anilines is 1. The lowest BCUT2D eigenvalue weighted by molar-refractivity contribution is -0.117. The highest BCUT2D eigenvalue weighted by Crippen LogP contribution is 2.20. The molecule has 1 atom stereocenters. The van der Waals surface area contributed by atoms with Crippen LogP contribution in [0.15, 0.2) is 24.3 Å². The van der Waals surface area contributed by atoms with Crippen LogP contribution >= 0.6 is 0 Å². The van der Waals surface area contributed by atoms with E-state index in [9.17, 15) is 9.59 Å². The van der Waals surface area contributed by atoms with Gasteiger partial charge < -0.3 is 16.4 Å². The van der Waals surface area contributed by atoms with Gasteiger partial charge >= 0.3 is 0 Å². The van der Waals surface area contributed by atoms with Crippen molar-refractivity contribution in [1.29, 1.82) is 0 Å². The van der Waals surface area contributed by atoms with Gasteiger partial charge in [-0.1, -0.05) is 20.8 Å². The molecule has 5 nitrogen and oxygen atoms in total. The Balaban J connectivity index is 2.61. The second-order valence-corrected chi connectivity index (χ2v) is 5.88. The number of nitrogens with two attached hydrogens (primary N) is 1. The van der Waals surface area contributed by atoms with E-state index < -0.39 is 0 Å². The van der Waals surface area contributed by atoms with E-state index in [-0.39, 0.29) is 29.7 Å². The zero-order valence-electron chi connectivity index (χ0n) is 12.5. The van der Waals surface area contributed by atoms with Gasteiger partial charge in [-0.2, -0.15) is 0 Å². The molecule has 2 amide bonds. The Bertz CT molecular complexity index is 475. The Morgan fingerprint density at radius 1 is 1.20 bits per heavy atom. The van der Waals surface area contributed by atoms with E-state index >= 15 is 0 Å². The number of nitrogens with one attached hydrogen (secondary N) is 2. The first kappa shape index (κ1) is 16.2. The van der Waals surface area contributed by atoms with Gasteiger partial charge in [0.25, 0.3) is 5.91 Å². The predicted octanol–water partition coefficient (Wildman–Crippen LogP) is 1.75. The summed E-state index contributed by atoms with van der Waals surface area (Å²) in [6, 6.07) is 6.53. The fourth-order valence-electron chi connectivity index (χ4n) is 1.57. The topological polar surface area (TPSA) is 84.2 Å². The van der Waals surface area contributed by atoms with Crippen molar-refractivity contribution < 1.29 is 9.59 Å². The minimum absolute atomic E-state index is 0.111. The molecule has 0 heterocycles. The lowest BCUT2D eigenvalue weighted by atomic mass is 9.85. The first-order valence-corrected chi connectivity index (χ1v) is 6.61. The second kappa shape index (κ2) is 6.52. The van der Waals surface area contributed by atoms with Crippen molar-refractivity contribution in [3.05, 3.63) is 29.8 Å². The van der Waals surface area contributed by atoms with Crippen LogP contribution in [0.2, 0.25) is 0 Å². The van der Waals surface area contributed by atoms with Crippen LogP contribution in [-0.4, -0.2) is 24.9 Å². The van der Waals surface area contributed by atoms with Crippen LogP contribution in [0.25, 0.3) is 0 Å². The highest BCUT2D eigenvalue weighted by molar-refractivity contribution is 5.95. The molecule has 0 saturated carbocycles. The van der Waals surface area contributed by atoms with E-state index in [1.807, 2.05) is 20.8 Å². The summed E-state index contributed by atoms with van der Waals surface area (Å²) in [5.41, 5.74) is 7.07. The van der Waals surface area contributed by atoms with Crippen molar-refractivity contribution in [2.24, 2.45) is 11.1 Å². The molecule has 1 aromatic rings. The molecular weight excluding hydrogens is 254 g/mol. The Kier molecular flexibility index (Phi) is 5.27. The lowest BCUT2D eigenvalue weighted by Gasteiger charge is -2.26. The molecule has 0 fully saturated rings. The standard InChI is InChI=1S/C15H23N3O2/c1-15(2,3)12(16)9-13(19)18-11-7-5-10(6-8-11)14(20)17-4/h5-8,12H,9,16H2,1-4H3,(H,17,20)(H,18,19). The smallest absolute Gasteiger partial charge is 0.251 e. The number of amides is 2. The number of hydrogen-bond acceptors (Lipinski definition) is 3. The minimum atomic E-state index is -0.201. The third-order valence-corrected chi connectivity index (χ3v) is 3.18. The molecule has 1 rings (SSSR count). The fourth-order valence-corrected chi connectivity index (χ4v) is 1.57. The molecule has 20 heavy (non-hydrogen) atoms. The van der Waals surface area contributed by atoms with E-state index in [1.165, 1.54) is 0 Å². The Morgan fingerprint density at radius 2 is 1.75 bits per heavy atom. The van der Waals surface area contributed by atoms with Gasteiger partial charge in [-0.3, -0.25) is 9.59 Å². The average molecular weight is 277 g/mol. The molecule has 0 aromatic heterocycles. The van der Waals surface area contributed by atoms with Crippen LogP contribution in [0.5, 0.6) is 0 Å². The zero-order chi connectivity index (χ0) is 15.3. The van der Waals surface area contributed by atoms with Crippen LogP contribution in [0, 0.1) is 5.41 Å². The second-order valence-electron chi connectivity index (χ2n) is 5.88. The van der Waals surface area contributed by atoms with Crippen molar-refractivity contribution in [3.8, 4) is 0 Å². The molecule has 0 spiro atoms. The predicted molar refractivity (Wildman–Crippen MR) is 80.5 cm³/mol. The van der Waals surface area contributed by atoms with Gasteiger partial charge in [-0.15, -0.1) is 0 Å². The third kappa shape index (κ3) is 4.66. The summed E-state index contributed by atoms with van der Waals surface area (Å²) in [6.45, 7) is 6.01. The van der Waals surface area contributed by atoms with Gasteiger partial charge in [0.2, 0.25) is 5.91 Å². The lowest BCUT2D eigenvalue weighted by Crippen LogP contribution is -2.38. The van der Waals surface area contributed by atoms with Gasteiger partial charge in [0.05, 0.1) is 0 Å². The summed E-state index contributed by atoms with van der Waals surface area (Å²) >= 11 is 0. The van der Waals surface area contributed by atoms with Crippen LogP contribution < -0.4 is 16.4 Å².